The molecule has 0 unspecified atom stereocenters. The Bertz CT molecular complexity index is 245. The van der Waals surface area contributed by atoms with Gasteiger partial charge in [-0.05, 0) is 5.18 Å². The molecule has 0 fully saturated rings. The zero-order valence-electron chi connectivity index (χ0n) is 8.01. The predicted octanol–water partition coefficient (Wildman–Crippen LogP) is 0.314. The lowest BCUT2D eigenvalue weighted by atomic mass is 10.3. The van der Waals surface area contributed by atoms with E-state index in [2.05, 4.69) is 19.4 Å². The smallest absolute Gasteiger partial charge is 0.364 e. The highest BCUT2D eigenvalue weighted by Crippen LogP contribution is 2.12. The summed E-state index contributed by atoms with van der Waals surface area (Å²) in [5.74, 6) is -1.78. The molecule has 0 aromatic carbocycles. The van der Waals surface area contributed by atoms with Crippen LogP contribution in [-0.4, -0.2) is 38.7 Å². The van der Waals surface area contributed by atoms with Gasteiger partial charge in [0.2, 0.25) is 12.0 Å². The monoisotopic (exact) mass is 205 g/mol. The van der Waals surface area contributed by atoms with E-state index in [1.165, 1.54) is 14.2 Å². The van der Waals surface area contributed by atoms with Crippen molar-refractivity contribution < 1.29 is 24.1 Å². The highest BCUT2D eigenvalue weighted by molar-refractivity contribution is 5.88. The fourth-order valence-electron chi connectivity index (χ4n) is 0.716. The van der Waals surface area contributed by atoms with Crippen LogP contribution in [-0.2, 0) is 19.0 Å². The van der Waals surface area contributed by atoms with Crippen LogP contribution in [0.2, 0.25) is 0 Å². The van der Waals surface area contributed by atoms with Gasteiger partial charge in [0.15, 0.2) is 5.76 Å². The van der Waals surface area contributed by atoms with E-state index in [9.17, 15) is 14.8 Å². The molecule has 0 amide bonds. The number of methoxy groups -OCH3 is 3. The molecular formula is C7H11NO6. The first kappa shape index (κ1) is 12.5. The zero-order valence-corrected chi connectivity index (χ0v) is 8.01. The Morgan fingerprint density at radius 1 is 1.29 bits per heavy atom. The fraction of sp³-hybridized carbons (Fsp3) is 0.571. The van der Waals surface area contributed by atoms with Crippen LogP contribution in [0.15, 0.2) is 16.6 Å². The van der Waals surface area contributed by atoms with Crippen molar-refractivity contribution in [3.63, 3.8) is 0 Å². The molecule has 0 radical (unpaired) electrons. The Balaban J connectivity index is 4.99. The number of aliphatic hydroxyl groups is 1. The number of carbonyl (C=O) groups excluding carboxylic acids is 1. The Morgan fingerprint density at radius 3 is 2.07 bits per heavy atom. The largest absolute Gasteiger partial charge is 0.505 e. The van der Waals surface area contributed by atoms with Crippen LogP contribution in [0.4, 0.5) is 0 Å². The van der Waals surface area contributed by atoms with Crippen molar-refractivity contribution in [3.8, 4) is 0 Å². The summed E-state index contributed by atoms with van der Waals surface area (Å²) in [5.41, 5.74) is -0.777. The number of hydrogen-bond acceptors (Lipinski definition) is 7. The molecule has 0 aliphatic rings. The normalized spacial score (nSPS) is 12.3. The van der Waals surface area contributed by atoms with Crippen molar-refractivity contribution in [2.45, 2.75) is 6.29 Å². The second-order valence-electron chi connectivity index (χ2n) is 2.12. The maximum atomic E-state index is 10.9. The zero-order chi connectivity index (χ0) is 11.1. The van der Waals surface area contributed by atoms with E-state index in [4.69, 9.17) is 0 Å². The first-order valence-corrected chi connectivity index (χ1v) is 3.52. The molecule has 0 aromatic heterocycles. The standard InChI is InChI=1S/C7H11NO6/c1-12-6(10)4(8-11)5(9)7(13-2)14-3/h7,9H,1-3H3/b5-4+. The molecule has 0 aromatic rings. The van der Waals surface area contributed by atoms with Crippen molar-refractivity contribution in [1.82, 2.24) is 0 Å². The molecule has 0 spiro atoms. The summed E-state index contributed by atoms with van der Waals surface area (Å²) >= 11 is 0. The quantitative estimate of drug-likeness (QED) is 0.228. The highest BCUT2D eigenvalue weighted by atomic mass is 16.7. The third-order valence-electron chi connectivity index (χ3n) is 1.36. The Kier molecular flexibility index (Phi) is 5.42. The van der Waals surface area contributed by atoms with Gasteiger partial charge in [-0.15, -0.1) is 4.91 Å². The maximum absolute atomic E-state index is 10.9. The molecule has 0 rings (SSSR count). The van der Waals surface area contributed by atoms with E-state index in [-0.39, 0.29) is 0 Å². The molecule has 80 valence electrons. The van der Waals surface area contributed by atoms with Crippen molar-refractivity contribution >= 4 is 5.97 Å². The van der Waals surface area contributed by atoms with E-state index in [0.717, 1.165) is 7.11 Å². The molecule has 7 nitrogen and oxygen atoms in total. The summed E-state index contributed by atoms with van der Waals surface area (Å²) in [7, 11) is 3.50. The van der Waals surface area contributed by atoms with Crippen LogP contribution in [0.25, 0.3) is 0 Å². The van der Waals surface area contributed by atoms with Gasteiger partial charge < -0.3 is 19.3 Å². The minimum Gasteiger partial charge on any atom is -0.505 e. The van der Waals surface area contributed by atoms with E-state index in [1.54, 1.807) is 0 Å². The van der Waals surface area contributed by atoms with Gasteiger partial charge in [0, 0.05) is 14.2 Å². The molecular weight excluding hydrogens is 194 g/mol. The lowest BCUT2D eigenvalue weighted by Crippen LogP contribution is -2.20. The molecule has 7 heteroatoms. The second kappa shape index (κ2) is 6.06. The van der Waals surface area contributed by atoms with Crippen molar-refractivity contribution in [2.75, 3.05) is 21.3 Å². The SMILES string of the molecule is COC(=O)/C(N=O)=C(\O)C(OC)OC. The third kappa shape index (κ3) is 2.79. The third-order valence-corrected chi connectivity index (χ3v) is 1.36. The number of aliphatic hydroxyl groups excluding tert-OH is 1. The first-order chi connectivity index (χ1) is 6.62. The average Bonchev–Trinajstić information content (AvgIpc) is 2.20. The van der Waals surface area contributed by atoms with Gasteiger partial charge in [0.05, 0.1) is 7.11 Å². The number of esters is 1. The molecule has 0 saturated heterocycles. The van der Waals surface area contributed by atoms with Crippen LogP contribution in [0.1, 0.15) is 0 Å². The molecule has 0 aliphatic carbocycles. The minimum atomic E-state index is -1.22. The Hall–Kier alpha value is -1.47. The molecule has 0 bridgehead atoms. The van der Waals surface area contributed by atoms with Crippen LogP contribution in [0, 0.1) is 4.91 Å². The summed E-state index contributed by atoms with van der Waals surface area (Å²) < 4.78 is 13.4. The van der Waals surface area contributed by atoms with Gasteiger partial charge >= 0.3 is 5.97 Å². The summed E-state index contributed by atoms with van der Waals surface area (Å²) in [6.07, 6.45) is -1.22. The number of ether oxygens (including phenoxy) is 3. The summed E-state index contributed by atoms with van der Waals surface area (Å²) in [6, 6.07) is 0. The van der Waals surface area contributed by atoms with E-state index in [1.807, 2.05) is 0 Å². The highest BCUT2D eigenvalue weighted by Gasteiger charge is 2.23. The average molecular weight is 205 g/mol. The van der Waals surface area contributed by atoms with Crippen LogP contribution in [0.5, 0.6) is 0 Å². The summed E-state index contributed by atoms with van der Waals surface area (Å²) in [6.45, 7) is 0. The van der Waals surface area contributed by atoms with Gasteiger partial charge in [-0.2, -0.15) is 0 Å². The van der Waals surface area contributed by atoms with Crippen LogP contribution in [0.3, 0.4) is 0 Å². The van der Waals surface area contributed by atoms with E-state index in [0.29, 0.717) is 0 Å². The topological polar surface area (TPSA) is 94.4 Å². The molecule has 0 atom stereocenters. The van der Waals surface area contributed by atoms with Crippen molar-refractivity contribution in [2.24, 2.45) is 5.18 Å². The maximum Gasteiger partial charge on any atom is 0.364 e. The summed E-state index contributed by atoms with van der Waals surface area (Å²) in [4.78, 5) is 21.1. The van der Waals surface area contributed by atoms with Gasteiger partial charge in [-0.25, -0.2) is 4.79 Å². The van der Waals surface area contributed by atoms with Crippen molar-refractivity contribution in [3.05, 3.63) is 16.4 Å². The molecule has 0 heterocycles. The number of nitroso groups, excluding NO2 is 1. The van der Waals surface area contributed by atoms with Gasteiger partial charge in [-0.3, -0.25) is 0 Å². The predicted molar refractivity (Wildman–Crippen MR) is 45.3 cm³/mol. The lowest BCUT2D eigenvalue weighted by molar-refractivity contribution is -0.137. The fourth-order valence-corrected chi connectivity index (χ4v) is 0.716. The molecule has 0 saturated carbocycles. The molecule has 14 heavy (non-hydrogen) atoms. The lowest BCUT2D eigenvalue weighted by Gasteiger charge is -2.12. The van der Waals surface area contributed by atoms with Crippen molar-refractivity contribution in [1.29, 1.82) is 0 Å². The molecule has 1 N–H and O–H groups in total. The van der Waals surface area contributed by atoms with Gasteiger partial charge in [0.1, 0.15) is 0 Å². The number of nitrogens with zero attached hydrogens (tertiary/aromatic N) is 1. The van der Waals surface area contributed by atoms with E-state index < -0.39 is 23.7 Å². The first-order valence-electron chi connectivity index (χ1n) is 3.52. The Morgan fingerprint density at radius 2 is 1.79 bits per heavy atom. The molecule has 0 aliphatic heterocycles. The van der Waals surface area contributed by atoms with Gasteiger partial charge in [-0.1, -0.05) is 0 Å². The van der Waals surface area contributed by atoms with E-state index >= 15 is 0 Å². The number of rotatable bonds is 5. The Labute approximate surface area is 80.2 Å². The summed E-state index contributed by atoms with van der Waals surface area (Å²) in [5, 5.41) is 11.6. The van der Waals surface area contributed by atoms with Gasteiger partial charge in [0.25, 0.3) is 0 Å². The second-order valence-corrected chi connectivity index (χ2v) is 2.12. The van der Waals surface area contributed by atoms with Crippen LogP contribution >= 0.6 is 0 Å². The van der Waals surface area contributed by atoms with Crippen LogP contribution < -0.4 is 0 Å². The minimum absolute atomic E-state index is 0.725. The number of hydrogen-bond donors (Lipinski definition) is 1. The number of carbonyl (C=O) groups is 1.